The summed E-state index contributed by atoms with van der Waals surface area (Å²) in [6.45, 7) is 2.88. The third-order valence-corrected chi connectivity index (χ3v) is 9.52. The molecular weight excluding hydrogens is 753 g/mol. The van der Waals surface area contributed by atoms with Crippen LogP contribution in [0.25, 0.3) is 17.2 Å². The highest BCUT2D eigenvalue weighted by Gasteiger charge is 2.38. The van der Waals surface area contributed by atoms with Crippen LogP contribution >= 0.6 is 24.0 Å². The summed E-state index contributed by atoms with van der Waals surface area (Å²) in [7, 11) is 1.21. The lowest BCUT2D eigenvalue weighted by molar-refractivity contribution is -0.143. The molecular formula is C35H31F6N3O7S2. The molecule has 282 valence electrons. The number of methoxy groups -OCH3 is 1. The fourth-order valence-electron chi connectivity index (χ4n) is 5.40. The van der Waals surface area contributed by atoms with Crippen LogP contribution in [0.4, 0.5) is 32.0 Å². The zero-order valence-electron chi connectivity index (χ0n) is 27.8. The van der Waals surface area contributed by atoms with Crippen molar-refractivity contribution in [3.8, 4) is 22.6 Å². The van der Waals surface area contributed by atoms with Crippen LogP contribution in [0.3, 0.4) is 0 Å². The summed E-state index contributed by atoms with van der Waals surface area (Å²) >= 11 is 6.30. The molecule has 0 bridgehead atoms. The summed E-state index contributed by atoms with van der Waals surface area (Å²) < 4.78 is 99.6. The Kier molecular flexibility index (Phi) is 12.4. The number of morpholine rings is 1. The number of rotatable bonds is 12. The normalized spacial score (nSPS) is 16.3. The maximum absolute atomic E-state index is 13.8. The van der Waals surface area contributed by atoms with E-state index < -0.39 is 46.8 Å². The molecule has 53 heavy (non-hydrogen) atoms. The van der Waals surface area contributed by atoms with Crippen molar-refractivity contribution in [2.24, 2.45) is 0 Å². The Balaban J connectivity index is 1.45. The Morgan fingerprint density at radius 2 is 1.60 bits per heavy atom. The number of ether oxygens (including phenoxy) is 3. The second kappa shape index (κ2) is 16.6. The van der Waals surface area contributed by atoms with Gasteiger partial charge in [0.05, 0.1) is 41.9 Å². The summed E-state index contributed by atoms with van der Waals surface area (Å²) in [5.41, 5.74) is -3.07. The minimum Gasteiger partial charge on any atom is -0.496 e. The standard InChI is InChI=1S/C35H31F6N3O7S2/c1-49-28-19-27(51-13-10-43-8-11-50-12-9-43)22(16-26(28)21-14-23(34(36,37)38)18-24(15-21)35(39,40)41)17-29-31(46)44(33(52)53-29)7-6-30(45)42-25-4-2-20(3-5-25)32(47)48/h2-5,14-19H,6-13H2,1H3,(H,42,45)(H,47,48). The van der Waals surface area contributed by atoms with Gasteiger partial charge in [-0.15, -0.1) is 0 Å². The van der Waals surface area contributed by atoms with Crippen LogP contribution in [0.2, 0.25) is 0 Å². The lowest BCUT2D eigenvalue weighted by Gasteiger charge is -2.26. The van der Waals surface area contributed by atoms with Crippen molar-refractivity contribution in [1.82, 2.24) is 9.80 Å². The molecule has 0 atom stereocenters. The van der Waals surface area contributed by atoms with E-state index >= 15 is 0 Å². The van der Waals surface area contributed by atoms with Crippen LogP contribution < -0.4 is 14.8 Å². The first-order chi connectivity index (χ1) is 25.0. The second-order valence-corrected chi connectivity index (χ2v) is 13.4. The first-order valence-electron chi connectivity index (χ1n) is 15.9. The summed E-state index contributed by atoms with van der Waals surface area (Å²) in [4.78, 5) is 40.6. The van der Waals surface area contributed by atoms with Crippen LogP contribution in [-0.2, 0) is 26.7 Å². The predicted octanol–water partition coefficient (Wildman–Crippen LogP) is 7.04. The molecule has 0 spiro atoms. The number of alkyl halides is 6. The van der Waals surface area contributed by atoms with E-state index in [1.165, 1.54) is 54.5 Å². The van der Waals surface area contributed by atoms with Crippen molar-refractivity contribution in [3.05, 3.63) is 81.8 Å². The van der Waals surface area contributed by atoms with Gasteiger partial charge in [-0.2, -0.15) is 26.3 Å². The Bertz CT molecular complexity index is 1880. The molecule has 3 aromatic rings. The number of anilines is 1. The van der Waals surface area contributed by atoms with Crippen molar-refractivity contribution in [3.63, 3.8) is 0 Å². The van der Waals surface area contributed by atoms with Gasteiger partial charge in [0.1, 0.15) is 22.4 Å². The number of carboxylic acids is 1. The SMILES string of the molecule is COc1cc(OCCN2CCOCC2)c(C=C2SC(=S)N(CCC(=O)Nc3ccc(C(=O)O)cc3)C2=O)cc1-c1cc(C(F)(F)F)cc(C(F)(F)F)c1. The lowest BCUT2D eigenvalue weighted by atomic mass is 9.96. The summed E-state index contributed by atoms with van der Waals surface area (Å²) in [6.07, 6.45) is -9.00. The number of halogens is 6. The minimum absolute atomic E-state index is 0.0284. The summed E-state index contributed by atoms with van der Waals surface area (Å²) in [5.74, 6) is -2.14. The molecule has 2 fully saturated rings. The van der Waals surface area contributed by atoms with Crippen LogP contribution in [0.5, 0.6) is 11.5 Å². The third-order valence-electron chi connectivity index (χ3n) is 8.14. The van der Waals surface area contributed by atoms with Crippen molar-refractivity contribution in [2.75, 3.05) is 58.4 Å². The zero-order valence-corrected chi connectivity index (χ0v) is 29.4. The van der Waals surface area contributed by atoms with Gasteiger partial charge in [-0.1, -0.05) is 24.0 Å². The topological polar surface area (TPSA) is 118 Å². The molecule has 0 aliphatic carbocycles. The molecule has 2 amide bonds. The van der Waals surface area contributed by atoms with E-state index in [-0.39, 0.29) is 63.1 Å². The number of hydrogen-bond acceptors (Lipinski definition) is 9. The number of carboxylic acid groups (broad SMARTS) is 1. The maximum Gasteiger partial charge on any atom is 0.416 e. The molecule has 18 heteroatoms. The van der Waals surface area contributed by atoms with E-state index in [9.17, 15) is 40.7 Å². The largest absolute Gasteiger partial charge is 0.496 e. The Morgan fingerprint density at radius 3 is 2.19 bits per heavy atom. The van der Waals surface area contributed by atoms with Gasteiger partial charge in [0.2, 0.25) is 5.91 Å². The van der Waals surface area contributed by atoms with Crippen molar-refractivity contribution in [1.29, 1.82) is 0 Å². The van der Waals surface area contributed by atoms with Crippen LogP contribution in [0.1, 0.15) is 33.5 Å². The highest BCUT2D eigenvalue weighted by atomic mass is 32.2. The van der Waals surface area contributed by atoms with Gasteiger partial charge >= 0.3 is 18.3 Å². The number of thiocarbonyl (C=S) groups is 1. The second-order valence-electron chi connectivity index (χ2n) is 11.7. The van der Waals surface area contributed by atoms with Gasteiger partial charge < -0.3 is 24.6 Å². The summed E-state index contributed by atoms with van der Waals surface area (Å²) in [6, 6.07) is 9.28. The highest BCUT2D eigenvalue weighted by Crippen LogP contribution is 2.44. The van der Waals surface area contributed by atoms with E-state index in [1.54, 1.807) is 0 Å². The van der Waals surface area contributed by atoms with E-state index in [2.05, 4.69) is 10.2 Å². The van der Waals surface area contributed by atoms with Crippen molar-refractivity contribution in [2.45, 2.75) is 18.8 Å². The predicted molar refractivity (Wildman–Crippen MR) is 188 cm³/mol. The van der Waals surface area contributed by atoms with Gasteiger partial charge in [-0.25, -0.2) is 4.79 Å². The van der Waals surface area contributed by atoms with Crippen LogP contribution in [0.15, 0.2) is 59.5 Å². The smallest absolute Gasteiger partial charge is 0.416 e. The molecule has 0 aromatic heterocycles. The molecule has 2 heterocycles. The summed E-state index contributed by atoms with van der Waals surface area (Å²) in [5, 5.41) is 11.7. The zero-order chi connectivity index (χ0) is 38.5. The number of benzene rings is 3. The average molecular weight is 784 g/mol. The third kappa shape index (κ3) is 10.1. The fourth-order valence-corrected chi connectivity index (χ4v) is 6.70. The number of nitrogens with zero attached hydrogens (tertiary/aromatic N) is 2. The monoisotopic (exact) mass is 783 g/mol. The Labute approximate surface area is 308 Å². The molecule has 10 nitrogen and oxygen atoms in total. The van der Waals surface area contributed by atoms with Crippen LogP contribution in [-0.4, -0.2) is 90.1 Å². The molecule has 0 saturated carbocycles. The Morgan fingerprint density at radius 1 is 0.962 bits per heavy atom. The molecule has 0 unspecified atom stereocenters. The number of thioether (sulfide) groups is 1. The van der Waals surface area contributed by atoms with Gasteiger partial charge in [-0.3, -0.25) is 19.4 Å². The highest BCUT2D eigenvalue weighted by molar-refractivity contribution is 8.26. The van der Waals surface area contributed by atoms with E-state index in [4.69, 9.17) is 31.5 Å². The molecule has 3 aromatic carbocycles. The van der Waals surface area contributed by atoms with E-state index in [1.807, 2.05) is 0 Å². The van der Waals surface area contributed by atoms with Gasteiger partial charge in [-0.05, 0) is 60.2 Å². The van der Waals surface area contributed by atoms with E-state index in [0.717, 1.165) is 11.8 Å². The van der Waals surface area contributed by atoms with Crippen LogP contribution in [0, 0.1) is 0 Å². The maximum atomic E-state index is 13.8. The number of aromatic carboxylic acids is 1. The fraction of sp³-hybridized carbons (Fsp3) is 0.314. The van der Waals surface area contributed by atoms with E-state index in [0.29, 0.717) is 50.7 Å². The van der Waals surface area contributed by atoms with Crippen molar-refractivity contribution < 1.29 is 60.0 Å². The van der Waals surface area contributed by atoms with Gasteiger partial charge in [0, 0.05) is 55.5 Å². The number of carbonyl (C=O) groups excluding carboxylic acids is 2. The molecule has 0 radical (unpaired) electrons. The number of nitrogens with one attached hydrogen (secondary N) is 1. The first kappa shape index (κ1) is 39.6. The number of amides is 2. The van der Waals surface area contributed by atoms with Gasteiger partial charge in [0.25, 0.3) is 5.91 Å². The first-order valence-corrected chi connectivity index (χ1v) is 17.1. The quantitative estimate of drug-likeness (QED) is 0.113. The van der Waals surface area contributed by atoms with Crippen molar-refractivity contribution >= 4 is 57.8 Å². The average Bonchev–Trinajstić information content (AvgIpc) is 3.38. The molecule has 2 aliphatic rings. The lowest BCUT2D eigenvalue weighted by Crippen LogP contribution is -2.38. The van der Waals surface area contributed by atoms with Gasteiger partial charge in [0.15, 0.2) is 0 Å². The molecule has 2 aliphatic heterocycles. The molecule has 5 rings (SSSR count). The molecule has 2 N–H and O–H groups in total. The number of hydrogen-bond donors (Lipinski definition) is 2. The number of carbonyl (C=O) groups is 3. The Hall–Kier alpha value is -4.65. The molecule has 2 saturated heterocycles. The minimum atomic E-state index is -5.09.